The van der Waals surface area contributed by atoms with Crippen molar-refractivity contribution in [3.05, 3.63) is 29.8 Å². The normalized spacial score (nSPS) is 10.2. The van der Waals surface area contributed by atoms with Gasteiger partial charge in [0.1, 0.15) is 0 Å². The molecule has 0 atom stereocenters. The number of amides is 2. The van der Waals surface area contributed by atoms with Crippen molar-refractivity contribution >= 4 is 17.7 Å². The summed E-state index contributed by atoms with van der Waals surface area (Å²) in [5, 5.41) is 0.939. The molecule has 0 saturated heterocycles. The molecule has 5 heteroatoms. The van der Waals surface area contributed by atoms with Gasteiger partial charge in [-0.1, -0.05) is 32.9 Å². The Morgan fingerprint density at radius 2 is 2.06 bits per heavy atom. The molecule has 2 N–H and O–H groups in total. The highest BCUT2D eigenvalue weighted by atomic mass is 16.7. The quantitative estimate of drug-likeness (QED) is 0.838. The predicted molar refractivity (Wildman–Crippen MR) is 69.0 cm³/mol. The van der Waals surface area contributed by atoms with E-state index in [0.717, 1.165) is 10.6 Å². The molecule has 0 aromatic heterocycles. The number of hydrogen-bond donors (Lipinski definition) is 1. The summed E-state index contributed by atoms with van der Waals surface area (Å²) < 4.78 is 0. The molecular weight excluding hydrogens is 232 g/mol. The summed E-state index contributed by atoms with van der Waals surface area (Å²) in [6, 6.07) is 7.27. The third-order valence-corrected chi connectivity index (χ3v) is 2.48. The van der Waals surface area contributed by atoms with Crippen molar-refractivity contribution < 1.29 is 14.4 Å². The second-order valence-electron chi connectivity index (χ2n) is 4.20. The van der Waals surface area contributed by atoms with Crippen LogP contribution in [0, 0.1) is 0 Å². The largest absolute Gasteiger partial charge is 0.429 e. The SMILES string of the molecule is CCC(=O)N(OC(N)=O)c1cccc(C(C)C)c1. The number of hydroxylamine groups is 1. The Morgan fingerprint density at radius 1 is 1.39 bits per heavy atom. The topological polar surface area (TPSA) is 72.6 Å². The molecule has 0 spiro atoms. The van der Waals surface area contributed by atoms with E-state index < -0.39 is 6.09 Å². The number of anilines is 1. The van der Waals surface area contributed by atoms with Crippen LogP contribution in [0.2, 0.25) is 0 Å². The van der Waals surface area contributed by atoms with E-state index in [1.807, 2.05) is 26.0 Å². The van der Waals surface area contributed by atoms with Crippen molar-refractivity contribution in [2.45, 2.75) is 33.1 Å². The van der Waals surface area contributed by atoms with Crippen LogP contribution in [0.3, 0.4) is 0 Å². The number of nitrogens with zero attached hydrogens (tertiary/aromatic N) is 1. The molecule has 5 nitrogen and oxygen atoms in total. The zero-order valence-corrected chi connectivity index (χ0v) is 10.8. The molecule has 1 aromatic rings. The molecular formula is C13H18N2O3. The zero-order valence-electron chi connectivity index (χ0n) is 10.8. The minimum atomic E-state index is -1.01. The molecule has 0 saturated carbocycles. The van der Waals surface area contributed by atoms with Crippen molar-refractivity contribution in [3.8, 4) is 0 Å². The van der Waals surface area contributed by atoms with Crippen LogP contribution in [0.1, 0.15) is 38.7 Å². The molecule has 2 amide bonds. The van der Waals surface area contributed by atoms with Gasteiger partial charge in [0.15, 0.2) is 0 Å². The lowest BCUT2D eigenvalue weighted by atomic mass is 10.0. The Hall–Kier alpha value is -2.04. The van der Waals surface area contributed by atoms with Crippen LogP contribution in [0.4, 0.5) is 10.5 Å². The number of benzene rings is 1. The molecule has 1 aromatic carbocycles. The Morgan fingerprint density at radius 3 is 2.56 bits per heavy atom. The maximum atomic E-state index is 11.7. The van der Waals surface area contributed by atoms with Crippen molar-refractivity contribution in [3.63, 3.8) is 0 Å². The predicted octanol–water partition coefficient (Wildman–Crippen LogP) is 2.56. The smallest absolute Gasteiger partial charge is 0.333 e. The zero-order chi connectivity index (χ0) is 13.7. The van der Waals surface area contributed by atoms with Gasteiger partial charge in [-0.05, 0) is 23.6 Å². The summed E-state index contributed by atoms with van der Waals surface area (Å²) in [5.41, 5.74) is 6.52. The average molecular weight is 250 g/mol. The molecule has 0 aliphatic heterocycles. The first-order chi connectivity index (χ1) is 8.45. The Labute approximate surface area is 106 Å². The lowest BCUT2D eigenvalue weighted by molar-refractivity contribution is -0.123. The fourth-order valence-corrected chi connectivity index (χ4v) is 1.49. The summed E-state index contributed by atoms with van der Waals surface area (Å²) >= 11 is 0. The van der Waals surface area contributed by atoms with E-state index in [4.69, 9.17) is 10.6 Å². The standard InChI is InChI=1S/C13H18N2O3/c1-4-12(16)15(18-13(14)17)11-7-5-6-10(8-11)9(2)3/h5-9H,4H2,1-3H3,(H2,14,17). The van der Waals surface area contributed by atoms with E-state index in [9.17, 15) is 9.59 Å². The minimum absolute atomic E-state index is 0.221. The van der Waals surface area contributed by atoms with Crippen molar-refractivity contribution in [1.82, 2.24) is 0 Å². The molecule has 0 aliphatic carbocycles. The van der Waals surface area contributed by atoms with Crippen LogP contribution < -0.4 is 10.8 Å². The molecule has 0 unspecified atom stereocenters. The number of hydrogen-bond acceptors (Lipinski definition) is 3. The number of carbonyl (C=O) groups excluding carboxylic acids is 2. The molecule has 0 bridgehead atoms. The first-order valence-corrected chi connectivity index (χ1v) is 5.86. The van der Waals surface area contributed by atoms with Gasteiger partial charge >= 0.3 is 6.09 Å². The third-order valence-electron chi connectivity index (χ3n) is 2.48. The second-order valence-corrected chi connectivity index (χ2v) is 4.20. The minimum Gasteiger partial charge on any atom is -0.333 e. The summed E-state index contributed by atoms with van der Waals surface area (Å²) in [7, 11) is 0. The molecule has 18 heavy (non-hydrogen) atoms. The molecule has 0 aliphatic rings. The van der Waals surface area contributed by atoms with E-state index in [-0.39, 0.29) is 12.3 Å². The van der Waals surface area contributed by atoms with Crippen molar-refractivity contribution in [1.29, 1.82) is 0 Å². The van der Waals surface area contributed by atoms with Crippen LogP contribution >= 0.6 is 0 Å². The Kier molecular flexibility index (Phi) is 4.71. The van der Waals surface area contributed by atoms with Crippen LogP contribution in [0.15, 0.2) is 24.3 Å². The molecule has 0 radical (unpaired) electrons. The van der Waals surface area contributed by atoms with Crippen LogP contribution in [0.25, 0.3) is 0 Å². The Bertz CT molecular complexity index is 444. The fraction of sp³-hybridized carbons (Fsp3) is 0.385. The van der Waals surface area contributed by atoms with Gasteiger partial charge < -0.3 is 10.6 Å². The van der Waals surface area contributed by atoms with Gasteiger partial charge in [0.05, 0.1) is 5.69 Å². The first kappa shape index (κ1) is 14.0. The number of nitrogens with two attached hydrogens (primary N) is 1. The summed E-state index contributed by atoms with van der Waals surface area (Å²) in [5.74, 6) is -0.00758. The highest BCUT2D eigenvalue weighted by Gasteiger charge is 2.18. The third kappa shape index (κ3) is 3.48. The monoisotopic (exact) mass is 250 g/mol. The molecule has 1 rings (SSSR count). The number of rotatable bonds is 3. The lowest BCUT2D eigenvalue weighted by Gasteiger charge is -2.20. The van der Waals surface area contributed by atoms with E-state index in [0.29, 0.717) is 11.6 Å². The highest BCUT2D eigenvalue weighted by Crippen LogP contribution is 2.22. The van der Waals surface area contributed by atoms with Crippen LogP contribution in [-0.4, -0.2) is 12.0 Å². The molecule has 0 heterocycles. The van der Waals surface area contributed by atoms with Gasteiger partial charge in [0, 0.05) is 6.42 Å². The van der Waals surface area contributed by atoms with E-state index in [1.165, 1.54) is 0 Å². The summed E-state index contributed by atoms with van der Waals surface area (Å²) in [6.07, 6.45) is -0.786. The number of carbonyl (C=O) groups is 2. The number of primary amides is 1. The van der Waals surface area contributed by atoms with Crippen molar-refractivity contribution in [2.24, 2.45) is 5.73 Å². The summed E-state index contributed by atoms with van der Waals surface area (Å²) in [4.78, 5) is 27.3. The molecule has 0 fully saturated rings. The lowest BCUT2D eigenvalue weighted by Crippen LogP contribution is -2.35. The highest BCUT2D eigenvalue weighted by molar-refractivity contribution is 5.92. The summed E-state index contributed by atoms with van der Waals surface area (Å²) in [6.45, 7) is 5.77. The Balaban J connectivity index is 3.08. The van der Waals surface area contributed by atoms with Gasteiger partial charge in [-0.3, -0.25) is 4.79 Å². The van der Waals surface area contributed by atoms with Gasteiger partial charge in [-0.15, -0.1) is 5.06 Å². The maximum Gasteiger partial charge on any atom is 0.429 e. The van der Waals surface area contributed by atoms with Crippen molar-refractivity contribution in [2.75, 3.05) is 5.06 Å². The maximum absolute atomic E-state index is 11.7. The van der Waals surface area contributed by atoms with Gasteiger partial charge in [-0.2, -0.15) is 0 Å². The van der Waals surface area contributed by atoms with Gasteiger partial charge in [0.25, 0.3) is 5.91 Å². The van der Waals surface area contributed by atoms with Crippen LogP contribution in [0.5, 0.6) is 0 Å². The van der Waals surface area contributed by atoms with Crippen LogP contribution in [-0.2, 0) is 9.63 Å². The molecule has 98 valence electrons. The fourth-order valence-electron chi connectivity index (χ4n) is 1.49. The first-order valence-electron chi connectivity index (χ1n) is 5.86. The van der Waals surface area contributed by atoms with Gasteiger partial charge in [-0.25, -0.2) is 4.79 Å². The second kappa shape index (κ2) is 6.05. The average Bonchev–Trinajstić information content (AvgIpc) is 2.35. The van der Waals surface area contributed by atoms with E-state index >= 15 is 0 Å². The van der Waals surface area contributed by atoms with E-state index in [2.05, 4.69) is 0 Å². The van der Waals surface area contributed by atoms with E-state index in [1.54, 1.807) is 19.1 Å². The van der Waals surface area contributed by atoms with Gasteiger partial charge in [0.2, 0.25) is 0 Å².